The first-order chi connectivity index (χ1) is 17.0. The number of rotatable bonds is 6. The van der Waals surface area contributed by atoms with Gasteiger partial charge in [-0.1, -0.05) is 57.2 Å². The van der Waals surface area contributed by atoms with Crippen molar-refractivity contribution in [2.45, 2.75) is 82.6 Å². The van der Waals surface area contributed by atoms with Gasteiger partial charge in [-0.05, 0) is 60.2 Å². The topological polar surface area (TPSA) is 66.0 Å². The SMILES string of the molecule is CC(C)(C)[Si](C)(C)O[C@H]1C[C@H](c2ccc(NC(=O)OCc3ccccc3)cc2F)CCC12OCCO2. The molecule has 2 aromatic rings. The van der Waals surface area contributed by atoms with E-state index in [1.165, 1.54) is 6.07 Å². The smallest absolute Gasteiger partial charge is 0.411 e. The predicted octanol–water partition coefficient (Wildman–Crippen LogP) is 6.98. The van der Waals surface area contributed by atoms with Gasteiger partial charge in [-0.2, -0.15) is 0 Å². The molecule has 1 saturated carbocycles. The molecule has 0 radical (unpaired) electrons. The molecule has 1 aliphatic carbocycles. The molecule has 0 bridgehead atoms. The molecule has 1 amide bonds. The molecule has 0 aromatic heterocycles. The third kappa shape index (κ3) is 5.99. The molecule has 4 rings (SSSR count). The van der Waals surface area contributed by atoms with Crippen LogP contribution in [0.3, 0.4) is 0 Å². The molecule has 2 atom stereocenters. The standard InChI is InChI=1S/C28H38FNO5Si/c1-27(2,3)36(4,5)35-25-17-21(13-14-28(25)33-15-16-34-28)23-12-11-22(18-24(23)29)30-26(31)32-19-20-9-7-6-8-10-20/h6-12,18,21,25H,13-17,19H2,1-5H3,(H,30,31)/t21-,25+/m1/s1. The van der Waals surface area contributed by atoms with E-state index in [1.807, 2.05) is 30.3 Å². The normalized spacial score (nSPS) is 21.9. The molecular formula is C28H38FNO5Si. The van der Waals surface area contributed by atoms with Gasteiger partial charge in [0, 0.05) is 12.1 Å². The van der Waals surface area contributed by atoms with Gasteiger partial charge in [-0.3, -0.25) is 5.32 Å². The molecule has 2 aliphatic rings. The van der Waals surface area contributed by atoms with Crippen LogP contribution < -0.4 is 5.32 Å². The fourth-order valence-corrected chi connectivity index (χ4v) is 6.00. The van der Waals surface area contributed by atoms with Gasteiger partial charge in [0.2, 0.25) is 0 Å². The number of anilines is 1. The molecule has 1 saturated heterocycles. The predicted molar refractivity (Wildman–Crippen MR) is 140 cm³/mol. The van der Waals surface area contributed by atoms with Gasteiger partial charge in [-0.25, -0.2) is 9.18 Å². The maximum Gasteiger partial charge on any atom is 0.411 e. The summed E-state index contributed by atoms with van der Waals surface area (Å²) in [6.07, 6.45) is 1.13. The summed E-state index contributed by atoms with van der Waals surface area (Å²) in [7, 11) is -2.11. The number of halogens is 1. The van der Waals surface area contributed by atoms with E-state index < -0.39 is 20.2 Å². The van der Waals surface area contributed by atoms with Crippen molar-refractivity contribution >= 4 is 20.1 Å². The third-order valence-corrected chi connectivity index (χ3v) is 12.2. The second-order valence-electron chi connectivity index (χ2n) is 11.3. The van der Waals surface area contributed by atoms with Crippen molar-refractivity contribution in [3.63, 3.8) is 0 Å². The van der Waals surface area contributed by atoms with Crippen molar-refractivity contribution in [3.05, 3.63) is 65.5 Å². The van der Waals surface area contributed by atoms with Gasteiger partial charge in [0.1, 0.15) is 12.4 Å². The maximum atomic E-state index is 15.3. The molecule has 1 aliphatic heterocycles. The highest BCUT2D eigenvalue weighted by atomic mass is 28.4. The summed E-state index contributed by atoms with van der Waals surface area (Å²) < 4.78 is 39.5. The van der Waals surface area contributed by atoms with E-state index in [1.54, 1.807) is 12.1 Å². The fraction of sp³-hybridized carbons (Fsp3) is 0.536. The van der Waals surface area contributed by atoms with Crippen molar-refractivity contribution in [1.29, 1.82) is 0 Å². The van der Waals surface area contributed by atoms with Crippen LogP contribution in [0.4, 0.5) is 14.9 Å². The van der Waals surface area contributed by atoms with Gasteiger partial charge in [0.05, 0.1) is 19.3 Å². The molecule has 1 N–H and O–H groups in total. The zero-order chi connectivity index (χ0) is 26.0. The Hall–Kier alpha value is -2.26. The van der Waals surface area contributed by atoms with Crippen LogP contribution in [-0.2, 0) is 25.2 Å². The van der Waals surface area contributed by atoms with Crippen LogP contribution in [0.1, 0.15) is 57.1 Å². The summed E-state index contributed by atoms with van der Waals surface area (Å²) in [4.78, 5) is 12.2. The van der Waals surface area contributed by atoms with E-state index in [2.05, 4.69) is 39.2 Å². The zero-order valence-electron chi connectivity index (χ0n) is 21.9. The summed E-state index contributed by atoms with van der Waals surface area (Å²) in [5.74, 6) is -1.12. The lowest BCUT2D eigenvalue weighted by Gasteiger charge is -2.48. The molecular weight excluding hydrogens is 477 g/mol. The summed E-state index contributed by atoms with van der Waals surface area (Å²) in [5, 5.41) is 2.65. The number of hydrogen-bond donors (Lipinski definition) is 1. The largest absolute Gasteiger partial charge is 0.444 e. The Labute approximate surface area is 214 Å². The van der Waals surface area contributed by atoms with Crippen LogP contribution in [-0.4, -0.2) is 39.5 Å². The Morgan fingerprint density at radius 1 is 1.14 bits per heavy atom. The van der Waals surface area contributed by atoms with Crippen LogP contribution in [0.25, 0.3) is 0 Å². The molecule has 6 nitrogen and oxygen atoms in total. The lowest BCUT2D eigenvalue weighted by molar-refractivity contribution is -0.233. The first-order valence-corrected chi connectivity index (χ1v) is 15.6. The number of carbonyl (C=O) groups is 1. The minimum absolute atomic E-state index is 0.0303. The average molecular weight is 516 g/mol. The highest BCUT2D eigenvalue weighted by Gasteiger charge is 2.53. The van der Waals surface area contributed by atoms with Crippen LogP contribution in [0.2, 0.25) is 18.1 Å². The Morgan fingerprint density at radius 3 is 2.47 bits per heavy atom. The number of nitrogens with one attached hydrogen (secondary N) is 1. The van der Waals surface area contributed by atoms with Gasteiger partial charge in [-0.15, -0.1) is 0 Å². The van der Waals surface area contributed by atoms with E-state index >= 15 is 4.39 Å². The fourth-order valence-electron chi connectivity index (χ4n) is 4.66. The minimum atomic E-state index is -2.11. The maximum absolute atomic E-state index is 15.3. The van der Waals surface area contributed by atoms with Crippen molar-refractivity contribution in [2.75, 3.05) is 18.5 Å². The Bertz CT molecular complexity index is 1050. The lowest BCUT2D eigenvalue weighted by atomic mass is 9.79. The van der Waals surface area contributed by atoms with Crippen LogP contribution in [0.15, 0.2) is 48.5 Å². The summed E-state index contributed by atoms with van der Waals surface area (Å²) >= 11 is 0. The number of carbonyl (C=O) groups excluding carboxylic acids is 1. The third-order valence-electron chi connectivity index (χ3n) is 7.75. The molecule has 0 unspecified atom stereocenters. The lowest BCUT2D eigenvalue weighted by Crippen LogP contribution is -2.55. The first kappa shape index (κ1) is 26.8. The van der Waals surface area contributed by atoms with Crippen molar-refractivity contribution in [1.82, 2.24) is 0 Å². The molecule has 2 fully saturated rings. The Balaban J connectivity index is 1.43. The molecule has 36 heavy (non-hydrogen) atoms. The van der Waals surface area contributed by atoms with Crippen molar-refractivity contribution < 1.29 is 27.8 Å². The number of benzene rings is 2. The zero-order valence-corrected chi connectivity index (χ0v) is 22.9. The van der Waals surface area contributed by atoms with E-state index in [0.29, 0.717) is 37.3 Å². The summed E-state index contributed by atoms with van der Waals surface area (Å²) in [6, 6.07) is 14.2. The van der Waals surface area contributed by atoms with Gasteiger partial charge in [0.15, 0.2) is 14.1 Å². The van der Waals surface area contributed by atoms with Crippen molar-refractivity contribution in [2.24, 2.45) is 0 Å². The number of ether oxygens (including phenoxy) is 3. The summed E-state index contributed by atoms with van der Waals surface area (Å²) in [6.45, 7) is 12.3. The summed E-state index contributed by atoms with van der Waals surface area (Å²) in [5.41, 5.74) is 1.86. The van der Waals surface area contributed by atoms with Gasteiger partial charge < -0.3 is 18.6 Å². The Kier molecular flexibility index (Phi) is 7.90. The second-order valence-corrected chi connectivity index (χ2v) is 16.0. The number of hydrogen-bond acceptors (Lipinski definition) is 5. The molecule has 1 heterocycles. The van der Waals surface area contributed by atoms with Crippen LogP contribution >= 0.6 is 0 Å². The molecule has 2 aromatic carbocycles. The minimum Gasteiger partial charge on any atom is -0.444 e. The molecule has 8 heteroatoms. The van der Waals surface area contributed by atoms with Gasteiger partial charge in [0.25, 0.3) is 0 Å². The quantitative estimate of drug-likeness (QED) is 0.421. The highest BCUT2D eigenvalue weighted by Crippen LogP contribution is 2.48. The van der Waals surface area contributed by atoms with Crippen LogP contribution in [0, 0.1) is 5.82 Å². The molecule has 1 spiro atoms. The van der Waals surface area contributed by atoms with Crippen molar-refractivity contribution in [3.8, 4) is 0 Å². The first-order valence-electron chi connectivity index (χ1n) is 12.7. The van der Waals surface area contributed by atoms with E-state index in [0.717, 1.165) is 12.0 Å². The second kappa shape index (κ2) is 10.6. The molecule has 196 valence electrons. The van der Waals surface area contributed by atoms with Crippen LogP contribution in [0.5, 0.6) is 0 Å². The number of amides is 1. The van der Waals surface area contributed by atoms with E-state index in [-0.39, 0.29) is 29.5 Å². The monoisotopic (exact) mass is 515 g/mol. The Morgan fingerprint density at radius 2 is 1.83 bits per heavy atom. The van der Waals surface area contributed by atoms with E-state index in [4.69, 9.17) is 18.6 Å². The van der Waals surface area contributed by atoms with Gasteiger partial charge >= 0.3 is 6.09 Å². The highest BCUT2D eigenvalue weighted by molar-refractivity contribution is 6.74. The average Bonchev–Trinajstić information content (AvgIpc) is 3.29. The van der Waals surface area contributed by atoms with E-state index in [9.17, 15) is 4.79 Å².